The fourth-order valence-electron chi connectivity index (χ4n) is 4.40. The van der Waals surface area contributed by atoms with Gasteiger partial charge in [-0.05, 0) is 34.9 Å². The first kappa shape index (κ1) is 25.5. The van der Waals surface area contributed by atoms with Crippen molar-refractivity contribution in [1.29, 1.82) is 0 Å². The van der Waals surface area contributed by atoms with Crippen molar-refractivity contribution in [1.82, 2.24) is 29.7 Å². The summed E-state index contributed by atoms with van der Waals surface area (Å²) in [7, 11) is 4.02. The summed E-state index contributed by atoms with van der Waals surface area (Å²) in [5.41, 5.74) is 1.42. The molecule has 2 aromatic rings. The summed E-state index contributed by atoms with van der Waals surface area (Å²) >= 11 is 0. The maximum Gasteiger partial charge on any atom is 0.410 e. The number of anilines is 2. The molecule has 194 valence electrons. The Balaban J connectivity index is 1.47. The van der Waals surface area contributed by atoms with E-state index in [0.29, 0.717) is 51.0 Å². The molecule has 12 heteroatoms. The van der Waals surface area contributed by atoms with Crippen molar-refractivity contribution >= 4 is 24.0 Å². The van der Waals surface area contributed by atoms with Gasteiger partial charge in [0.1, 0.15) is 5.60 Å². The lowest BCUT2D eigenvalue weighted by Gasteiger charge is -2.42. The topological polar surface area (TPSA) is 128 Å². The number of amides is 1. The molecule has 1 fully saturated rings. The van der Waals surface area contributed by atoms with Gasteiger partial charge in [0.25, 0.3) is 0 Å². The summed E-state index contributed by atoms with van der Waals surface area (Å²) in [4.78, 5) is 49.8. The average Bonchev–Trinajstić information content (AvgIpc) is 2.82. The summed E-state index contributed by atoms with van der Waals surface area (Å²) in [5, 5.41) is 9.14. The van der Waals surface area contributed by atoms with Crippen LogP contribution in [0.15, 0.2) is 18.6 Å². The number of ether oxygens (including phenoxy) is 1. The zero-order valence-corrected chi connectivity index (χ0v) is 21.5. The van der Waals surface area contributed by atoms with E-state index in [-0.39, 0.29) is 17.7 Å². The third kappa shape index (κ3) is 5.99. The predicted molar refractivity (Wildman–Crippen MR) is 133 cm³/mol. The normalized spacial score (nSPS) is 18.3. The maximum absolute atomic E-state index is 12.5. The largest absolute Gasteiger partial charge is 0.478 e. The Morgan fingerprint density at radius 1 is 1.08 bits per heavy atom. The Morgan fingerprint density at radius 2 is 1.78 bits per heavy atom. The van der Waals surface area contributed by atoms with Crippen LogP contribution in [0.2, 0.25) is 0 Å². The second kappa shape index (κ2) is 10.2. The first-order valence-electron chi connectivity index (χ1n) is 12.0. The van der Waals surface area contributed by atoms with Crippen LogP contribution in [0, 0.1) is 0 Å². The minimum absolute atomic E-state index is 0.0618. The van der Waals surface area contributed by atoms with E-state index < -0.39 is 11.6 Å². The highest BCUT2D eigenvalue weighted by atomic mass is 16.6. The maximum atomic E-state index is 12.5. The minimum atomic E-state index is -1.05. The number of carboxylic acid groups (broad SMARTS) is 1. The SMILES string of the molecule is CN(C)C[C@@H]1CN(c2ncc3c(n2)CCN(C(=O)OC(C)(C)C)C3)CCN1c1ncc(C(=O)O)cn1. The van der Waals surface area contributed by atoms with E-state index >= 15 is 0 Å². The molecule has 0 aromatic carbocycles. The summed E-state index contributed by atoms with van der Waals surface area (Å²) in [6.45, 7) is 9.33. The molecule has 0 aliphatic carbocycles. The molecule has 4 rings (SSSR count). The fourth-order valence-corrected chi connectivity index (χ4v) is 4.40. The number of nitrogens with zero attached hydrogens (tertiary/aromatic N) is 8. The molecule has 0 bridgehead atoms. The highest BCUT2D eigenvalue weighted by Crippen LogP contribution is 2.24. The average molecular weight is 499 g/mol. The van der Waals surface area contributed by atoms with Crippen molar-refractivity contribution in [2.24, 2.45) is 0 Å². The molecule has 2 aromatic heterocycles. The third-order valence-corrected chi connectivity index (χ3v) is 6.06. The zero-order chi connectivity index (χ0) is 26.0. The molecular weight excluding hydrogens is 464 g/mol. The molecule has 2 aliphatic heterocycles. The number of carbonyl (C=O) groups is 2. The second-order valence-corrected chi connectivity index (χ2v) is 10.4. The predicted octanol–water partition coefficient (Wildman–Crippen LogP) is 1.51. The first-order valence-corrected chi connectivity index (χ1v) is 12.0. The molecule has 0 unspecified atom stereocenters. The summed E-state index contributed by atoms with van der Waals surface area (Å²) < 4.78 is 5.51. The monoisotopic (exact) mass is 498 g/mol. The zero-order valence-electron chi connectivity index (χ0n) is 21.5. The Labute approximate surface area is 210 Å². The van der Waals surface area contributed by atoms with Gasteiger partial charge >= 0.3 is 12.1 Å². The Hall–Kier alpha value is -3.54. The first-order chi connectivity index (χ1) is 17.0. The summed E-state index contributed by atoms with van der Waals surface area (Å²) in [6, 6.07) is 0.0618. The summed E-state index contributed by atoms with van der Waals surface area (Å²) in [6.07, 6.45) is 4.83. The molecule has 1 atom stereocenters. The number of carbonyl (C=O) groups excluding carboxylic acids is 1. The molecule has 1 N–H and O–H groups in total. The quantitative estimate of drug-likeness (QED) is 0.644. The molecule has 4 heterocycles. The smallest absolute Gasteiger partial charge is 0.410 e. The van der Waals surface area contributed by atoms with Crippen molar-refractivity contribution in [3.05, 3.63) is 35.4 Å². The number of aromatic nitrogens is 4. The van der Waals surface area contributed by atoms with Crippen molar-refractivity contribution < 1.29 is 19.4 Å². The van der Waals surface area contributed by atoms with Gasteiger partial charge in [0, 0.05) is 63.3 Å². The van der Waals surface area contributed by atoms with Crippen LogP contribution >= 0.6 is 0 Å². The van der Waals surface area contributed by atoms with Gasteiger partial charge in [0.2, 0.25) is 11.9 Å². The number of carboxylic acids is 1. The highest BCUT2D eigenvalue weighted by Gasteiger charge is 2.32. The van der Waals surface area contributed by atoms with Gasteiger partial charge in [-0.1, -0.05) is 0 Å². The van der Waals surface area contributed by atoms with Crippen LogP contribution in [0.1, 0.15) is 42.4 Å². The standard InChI is InChI=1S/C24H34N8O4/c1-24(2,3)36-23(35)31-7-6-19-17(13-31)12-27-22(28-19)30-8-9-32(18(15-30)14-29(4)5)21-25-10-16(11-26-21)20(33)34/h10-12,18H,6-9,13-15H2,1-5H3,(H,33,34)/t18-/m1/s1. The number of aromatic carboxylic acids is 1. The van der Waals surface area contributed by atoms with Gasteiger partial charge in [0.15, 0.2) is 0 Å². The van der Waals surface area contributed by atoms with Crippen molar-refractivity contribution in [3.8, 4) is 0 Å². The molecule has 0 radical (unpaired) electrons. The number of hydrogen-bond donors (Lipinski definition) is 1. The van der Waals surface area contributed by atoms with Crippen LogP contribution in [0.25, 0.3) is 0 Å². The molecule has 1 amide bonds. The van der Waals surface area contributed by atoms with E-state index in [9.17, 15) is 9.59 Å². The van der Waals surface area contributed by atoms with Crippen LogP contribution in [-0.4, -0.2) is 105 Å². The molecule has 36 heavy (non-hydrogen) atoms. The van der Waals surface area contributed by atoms with Crippen LogP contribution in [0.5, 0.6) is 0 Å². The third-order valence-electron chi connectivity index (χ3n) is 6.06. The minimum Gasteiger partial charge on any atom is -0.478 e. The molecule has 0 spiro atoms. The van der Waals surface area contributed by atoms with E-state index in [4.69, 9.17) is 14.8 Å². The number of likely N-dealkylation sites (N-methyl/N-ethyl adjacent to an activating group) is 1. The molecule has 12 nitrogen and oxygen atoms in total. The van der Waals surface area contributed by atoms with Crippen molar-refractivity contribution in [2.75, 3.05) is 56.6 Å². The van der Waals surface area contributed by atoms with E-state index in [1.54, 1.807) is 4.90 Å². The lowest BCUT2D eigenvalue weighted by molar-refractivity contribution is 0.0222. The van der Waals surface area contributed by atoms with E-state index in [2.05, 4.69) is 29.7 Å². The van der Waals surface area contributed by atoms with Gasteiger partial charge in [0.05, 0.1) is 23.8 Å². The number of hydrogen-bond acceptors (Lipinski definition) is 10. The Kier molecular flexibility index (Phi) is 7.25. The number of rotatable bonds is 5. The van der Waals surface area contributed by atoms with Crippen LogP contribution in [0.4, 0.5) is 16.7 Å². The number of piperazine rings is 1. The van der Waals surface area contributed by atoms with E-state index in [0.717, 1.165) is 17.8 Å². The highest BCUT2D eigenvalue weighted by molar-refractivity contribution is 5.86. The molecule has 1 saturated heterocycles. The summed E-state index contributed by atoms with van der Waals surface area (Å²) in [5.74, 6) is 0.139. The lowest BCUT2D eigenvalue weighted by Crippen LogP contribution is -2.57. The van der Waals surface area contributed by atoms with Crippen LogP contribution < -0.4 is 9.80 Å². The molecule has 0 saturated carbocycles. The lowest BCUT2D eigenvalue weighted by atomic mass is 10.1. The van der Waals surface area contributed by atoms with Gasteiger partial charge in [-0.25, -0.2) is 29.5 Å². The van der Waals surface area contributed by atoms with E-state index in [1.807, 2.05) is 41.1 Å². The van der Waals surface area contributed by atoms with Gasteiger partial charge in [-0.15, -0.1) is 0 Å². The van der Waals surface area contributed by atoms with Crippen LogP contribution in [-0.2, 0) is 17.7 Å². The van der Waals surface area contributed by atoms with Crippen molar-refractivity contribution in [2.45, 2.75) is 45.4 Å². The second-order valence-electron chi connectivity index (χ2n) is 10.4. The van der Waals surface area contributed by atoms with Crippen LogP contribution in [0.3, 0.4) is 0 Å². The Morgan fingerprint density at radius 3 is 2.42 bits per heavy atom. The van der Waals surface area contributed by atoms with Gasteiger partial charge in [-0.2, -0.15) is 0 Å². The van der Waals surface area contributed by atoms with Crippen molar-refractivity contribution in [3.63, 3.8) is 0 Å². The van der Waals surface area contributed by atoms with Gasteiger partial charge < -0.3 is 29.4 Å². The van der Waals surface area contributed by atoms with E-state index in [1.165, 1.54) is 12.4 Å². The molecule has 2 aliphatic rings. The number of fused-ring (bicyclic) bond motifs is 1. The molecular formula is C24H34N8O4. The van der Waals surface area contributed by atoms with Gasteiger partial charge in [-0.3, -0.25) is 0 Å². The fraction of sp³-hybridized carbons (Fsp3) is 0.583. The Bertz CT molecular complexity index is 1100.